The molecule has 1 aliphatic rings. The van der Waals surface area contributed by atoms with Crippen LogP contribution in [-0.2, 0) is 6.42 Å². The van der Waals surface area contributed by atoms with Crippen LogP contribution in [0.25, 0.3) is 0 Å². The van der Waals surface area contributed by atoms with E-state index in [1.54, 1.807) is 12.4 Å². The van der Waals surface area contributed by atoms with Gasteiger partial charge in [0.25, 0.3) is 0 Å². The summed E-state index contributed by atoms with van der Waals surface area (Å²) in [5.74, 6) is 1.06. The van der Waals surface area contributed by atoms with Crippen molar-refractivity contribution in [2.24, 2.45) is 5.92 Å². The number of nitrogens with zero attached hydrogens (tertiary/aromatic N) is 4. The molecule has 2 atom stereocenters. The van der Waals surface area contributed by atoms with Crippen LogP contribution in [0.3, 0.4) is 0 Å². The summed E-state index contributed by atoms with van der Waals surface area (Å²) in [6.45, 7) is 3.34. The van der Waals surface area contributed by atoms with E-state index in [4.69, 9.17) is 0 Å². The minimum atomic E-state index is -0.328. The molecule has 20 heavy (non-hydrogen) atoms. The van der Waals surface area contributed by atoms with Crippen LogP contribution in [0, 0.1) is 12.8 Å². The third kappa shape index (κ3) is 2.77. The van der Waals surface area contributed by atoms with E-state index in [0.29, 0.717) is 6.54 Å². The van der Waals surface area contributed by atoms with E-state index in [9.17, 15) is 5.11 Å². The van der Waals surface area contributed by atoms with Crippen LogP contribution in [0.4, 0.5) is 5.82 Å². The molecule has 2 aromatic heterocycles. The second-order valence-electron chi connectivity index (χ2n) is 5.32. The average Bonchev–Trinajstić information content (AvgIpc) is 2.82. The maximum absolute atomic E-state index is 10.2. The Labute approximate surface area is 118 Å². The molecule has 0 radical (unpaired) electrons. The van der Waals surface area contributed by atoms with Crippen LogP contribution in [-0.4, -0.2) is 39.5 Å². The van der Waals surface area contributed by atoms with E-state index in [-0.39, 0.29) is 12.0 Å². The second kappa shape index (κ2) is 5.54. The maximum atomic E-state index is 10.2. The molecule has 1 N–H and O–H groups in total. The molecule has 0 aliphatic carbocycles. The lowest BCUT2D eigenvalue weighted by Gasteiger charge is -2.16. The Balaban J connectivity index is 1.69. The van der Waals surface area contributed by atoms with E-state index >= 15 is 0 Å². The van der Waals surface area contributed by atoms with Crippen molar-refractivity contribution >= 4 is 5.82 Å². The Morgan fingerprint density at radius 2 is 1.95 bits per heavy atom. The minimum absolute atomic E-state index is 0.223. The molecule has 104 valence electrons. The molecule has 0 spiro atoms. The molecular weight excluding hydrogens is 252 g/mol. The fourth-order valence-electron chi connectivity index (χ4n) is 2.62. The molecule has 5 heteroatoms. The Bertz CT molecular complexity index is 558. The first-order chi connectivity index (χ1) is 9.72. The molecule has 0 unspecified atom stereocenters. The fraction of sp³-hybridized carbons (Fsp3) is 0.400. The third-order valence-electron chi connectivity index (χ3n) is 3.76. The van der Waals surface area contributed by atoms with Crippen molar-refractivity contribution < 1.29 is 5.11 Å². The number of anilines is 1. The van der Waals surface area contributed by atoms with Gasteiger partial charge in [0.05, 0.1) is 11.8 Å². The van der Waals surface area contributed by atoms with Gasteiger partial charge in [0.1, 0.15) is 0 Å². The first-order valence-electron chi connectivity index (χ1n) is 6.84. The molecular formula is C15H18N4O. The summed E-state index contributed by atoms with van der Waals surface area (Å²) in [4.78, 5) is 6.12. The zero-order valence-electron chi connectivity index (χ0n) is 11.5. The van der Waals surface area contributed by atoms with Crippen molar-refractivity contribution in [1.82, 2.24) is 15.2 Å². The van der Waals surface area contributed by atoms with Gasteiger partial charge >= 0.3 is 0 Å². The number of β-amino-alcohol motifs (C(OH)–C–C–N with tert-alkyl or cyclic N) is 1. The molecule has 1 aliphatic heterocycles. The van der Waals surface area contributed by atoms with Crippen LogP contribution in [0.1, 0.15) is 11.3 Å². The first-order valence-corrected chi connectivity index (χ1v) is 6.84. The maximum Gasteiger partial charge on any atom is 0.151 e. The molecule has 5 nitrogen and oxygen atoms in total. The normalized spacial score (nSPS) is 22.2. The molecule has 0 amide bonds. The SMILES string of the molecule is Cc1ccc(N2C[C@@H](Cc3ccncc3)[C@@H](O)C2)nn1. The number of pyridine rings is 1. The molecule has 0 bridgehead atoms. The van der Waals surface area contributed by atoms with Gasteiger partial charge in [-0.05, 0) is 43.2 Å². The Hall–Kier alpha value is -2.01. The number of aliphatic hydroxyl groups excluding tert-OH is 1. The summed E-state index contributed by atoms with van der Waals surface area (Å²) in [6.07, 6.45) is 4.12. The number of aliphatic hydroxyl groups is 1. The van der Waals surface area contributed by atoms with Crippen LogP contribution >= 0.6 is 0 Å². The van der Waals surface area contributed by atoms with Gasteiger partial charge in [-0.25, -0.2) is 0 Å². The lowest BCUT2D eigenvalue weighted by Crippen LogP contribution is -2.22. The summed E-state index contributed by atoms with van der Waals surface area (Å²) < 4.78 is 0. The summed E-state index contributed by atoms with van der Waals surface area (Å²) >= 11 is 0. The predicted molar refractivity (Wildman–Crippen MR) is 76.4 cm³/mol. The van der Waals surface area contributed by atoms with Gasteiger partial charge in [-0.1, -0.05) is 0 Å². The zero-order chi connectivity index (χ0) is 13.9. The molecule has 1 saturated heterocycles. The standard InChI is InChI=1S/C15H18N4O/c1-11-2-3-15(18-17-11)19-9-13(14(20)10-19)8-12-4-6-16-7-5-12/h2-7,13-14,20H,8-10H2,1H3/t13-,14+/m1/s1. The van der Waals surface area contributed by atoms with E-state index in [1.165, 1.54) is 5.56 Å². The molecule has 2 aromatic rings. The number of aromatic nitrogens is 3. The van der Waals surface area contributed by atoms with Gasteiger partial charge in [-0.15, -0.1) is 5.10 Å². The van der Waals surface area contributed by atoms with Crippen molar-refractivity contribution in [3.63, 3.8) is 0 Å². The van der Waals surface area contributed by atoms with Crippen molar-refractivity contribution in [2.45, 2.75) is 19.4 Å². The van der Waals surface area contributed by atoms with Crippen LogP contribution in [0.15, 0.2) is 36.7 Å². The van der Waals surface area contributed by atoms with Gasteiger partial charge in [-0.2, -0.15) is 5.10 Å². The predicted octanol–water partition coefficient (Wildman–Crippen LogP) is 1.22. The number of rotatable bonds is 3. The average molecular weight is 270 g/mol. The Kier molecular flexibility index (Phi) is 3.60. The van der Waals surface area contributed by atoms with Gasteiger partial charge < -0.3 is 10.0 Å². The van der Waals surface area contributed by atoms with Gasteiger partial charge in [0.15, 0.2) is 5.82 Å². The molecule has 3 rings (SSSR count). The van der Waals surface area contributed by atoms with Crippen molar-refractivity contribution in [1.29, 1.82) is 0 Å². The lowest BCUT2D eigenvalue weighted by atomic mass is 9.97. The van der Waals surface area contributed by atoms with E-state index in [1.807, 2.05) is 31.2 Å². The minimum Gasteiger partial charge on any atom is -0.391 e. The number of hydrogen-bond acceptors (Lipinski definition) is 5. The summed E-state index contributed by atoms with van der Waals surface area (Å²) in [6, 6.07) is 7.91. The quantitative estimate of drug-likeness (QED) is 0.908. The molecule has 1 fully saturated rings. The van der Waals surface area contributed by atoms with E-state index in [0.717, 1.165) is 24.5 Å². The van der Waals surface area contributed by atoms with Crippen LogP contribution < -0.4 is 4.90 Å². The first kappa shape index (κ1) is 13.0. The largest absolute Gasteiger partial charge is 0.391 e. The summed E-state index contributed by atoms with van der Waals surface area (Å²) in [5, 5.41) is 18.5. The fourth-order valence-corrected chi connectivity index (χ4v) is 2.62. The summed E-state index contributed by atoms with van der Waals surface area (Å²) in [5.41, 5.74) is 2.11. The van der Waals surface area contributed by atoms with Gasteiger partial charge in [-0.3, -0.25) is 4.98 Å². The van der Waals surface area contributed by atoms with Crippen LogP contribution in [0.5, 0.6) is 0 Å². The molecule has 0 saturated carbocycles. The Morgan fingerprint density at radius 1 is 1.15 bits per heavy atom. The molecule has 3 heterocycles. The highest BCUT2D eigenvalue weighted by Gasteiger charge is 2.32. The highest BCUT2D eigenvalue weighted by Crippen LogP contribution is 2.24. The monoisotopic (exact) mass is 270 g/mol. The van der Waals surface area contributed by atoms with E-state index < -0.39 is 0 Å². The lowest BCUT2D eigenvalue weighted by molar-refractivity contribution is 0.148. The van der Waals surface area contributed by atoms with Crippen molar-refractivity contribution in [3.8, 4) is 0 Å². The van der Waals surface area contributed by atoms with Crippen molar-refractivity contribution in [3.05, 3.63) is 47.9 Å². The van der Waals surface area contributed by atoms with Gasteiger partial charge in [0.2, 0.25) is 0 Å². The highest BCUT2D eigenvalue weighted by molar-refractivity contribution is 5.39. The topological polar surface area (TPSA) is 62.1 Å². The number of hydrogen-bond donors (Lipinski definition) is 1. The zero-order valence-corrected chi connectivity index (χ0v) is 11.5. The molecule has 0 aromatic carbocycles. The van der Waals surface area contributed by atoms with Gasteiger partial charge in [0, 0.05) is 31.4 Å². The van der Waals surface area contributed by atoms with Crippen LogP contribution in [0.2, 0.25) is 0 Å². The van der Waals surface area contributed by atoms with Crippen molar-refractivity contribution in [2.75, 3.05) is 18.0 Å². The summed E-state index contributed by atoms with van der Waals surface area (Å²) in [7, 11) is 0. The smallest absolute Gasteiger partial charge is 0.151 e. The highest BCUT2D eigenvalue weighted by atomic mass is 16.3. The van der Waals surface area contributed by atoms with E-state index in [2.05, 4.69) is 20.1 Å². The number of aryl methyl sites for hydroxylation is 1. The Morgan fingerprint density at radius 3 is 2.65 bits per heavy atom. The second-order valence-corrected chi connectivity index (χ2v) is 5.32. The third-order valence-corrected chi connectivity index (χ3v) is 3.76.